The average molecular weight is 451 g/mol. The summed E-state index contributed by atoms with van der Waals surface area (Å²) in [6.45, 7) is 2.02. The fraction of sp³-hybridized carbons (Fsp3) is 0.476. The number of piperidine rings is 1. The minimum absolute atomic E-state index is 0. The van der Waals surface area contributed by atoms with Crippen molar-refractivity contribution in [3.63, 3.8) is 0 Å². The lowest BCUT2D eigenvalue weighted by Gasteiger charge is -2.43. The molecule has 6 heteroatoms. The molecule has 0 spiro atoms. The molecule has 2 unspecified atom stereocenters. The van der Waals surface area contributed by atoms with Gasteiger partial charge in [0.25, 0.3) is 0 Å². The molecule has 4 nitrogen and oxygen atoms in total. The van der Waals surface area contributed by atoms with Crippen molar-refractivity contribution >= 4 is 23.1 Å². The van der Waals surface area contributed by atoms with Crippen molar-refractivity contribution in [2.24, 2.45) is 0 Å². The van der Waals surface area contributed by atoms with E-state index in [0.29, 0.717) is 12.1 Å². The lowest BCUT2D eigenvalue weighted by molar-refractivity contribution is -0.931. The van der Waals surface area contributed by atoms with Crippen LogP contribution in [0.4, 0.5) is 10.5 Å². The Balaban J connectivity index is 0.00000210. The molecule has 27 heavy (non-hydrogen) atoms. The number of carbonyl (C=O) groups is 1. The molecule has 2 aromatic rings. The third-order valence-corrected chi connectivity index (χ3v) is 7.25. The van der Waals surface area contributed by atoms with Crippen molar-refractivity contribution in [2.45, 2.75) is 50.8 Å². The van der Waals surface area contributed by atoms with Gasteiger partial charge in [0.05, 0.1) is 31.9 Å². The predicted octanol–water partition coefficient (Wildman–Crippen LogP) is 2.05. The van der Waals surface area contributed by atoms with E-state index in [1.807, 2.05) is 25.1 Å². The van der Waals surface area contributed by atoms with Crippen LogP contribution in [0.2, 0.25) is 0 Å². The number of thiophene rings is 1. The van der Waals surface area contributed by atoms with E-state index in [2.05, 4.69) is 36.9 Å². The van der Waals surface area contributed by atoms with Gasteiger partial charge in [-0.2, -0.15) is 0 Å². The zero-order chi connectivity index (χ0) is 18.3. The number of para-hydroxylation sites is 1. The van der Waals surface area contributed by atoms with E-state index in [0.717, 1.165) is 39.0 Å². The molecule has 3 heterocycles. The number of ether oxygens (including phenoxy) is 1. The van der Waals surface area contributed by atoms with Gasteiger partial charge in [-0.1, -0.05) is 24.3 Å². The fourth-order valence-corrected chi connectivity index (χ4v) is 5.44. The molecule has 2 saturated heterocycles. The van der Waals surface area contributed by atoms with Gasteiger partial charge in [0.2, 0.25) is 0 Å². The van der Waals surface area contributed by atoms with Crippen LogP contribution in [0.15, 0.2) is 35.7 Å². The van der Waals surface area contributed by atoms with Crippen LogP contribution in [0.25, 0.3) is 10.4 Å². The van der Waals surface area contributed by atoms with Crippen molar-refractivity contribution in [1.82, 2.24) is 0 Å². The second-order valence-electron chi connectivity index (χ2n) is 8.11. The molecule has 0 radical (unpaired) electrons. The number of carbonyl (C=O) groups excluding carboxylic acids is 1. The van der Waals surface area contributed by atoms with Crippen molar-refractivity contribution in [3.8, 4) is 10.4 Å². The van der Waals surface area contributed by atoms with E-state index in [1.54, 1.807) is 11.3 Å². The van der Waals surface area contributed by atoms with E-state index in [1.165, 1.54) is 12.8 Å². The lowest BCUT2D eigenvalue weighted by atomic mass is 9.98. The second kappa shape index (κ2) is 7.94. The Labute approximate surface area is 175 Å². The molecule has 2 aliphatic rings. The Morgan fingerprint density at radius 1 is 1.15 bits per heavy atom. The summed E-state index contributed by atoms with van der Waals surface area (Å²) in [5.41, 5.74) is 2.96. The van der Waals surface area contributed by atoms with Crippen LogP contribution >= 0.6 is 11.3 Å². The molecule has 1 N–H and O–H groups in total. The highest BCUT2D eigenvalue weighted by Gasteiger charge is 2.49. The first kappa shape index (κ1) is 20.4. The Bertz CT molecular complexity index is 791. The van der Waals surface area contributed by atoms with Crippen molar-refractivity contribution in [2.75, 3.05) is 19.4 Å². The summed E-state index contributed by atoms with van der Waals surface area (Å²) >= 11 is 1.68. The Kier molecular flexibility index (Phi) is 5.99. The molecule has 2 bridgehead atoms. The van der Waals surface area contributed by atoms with E-state index in [4.69, 9.17) is 4.74 Å². The van der Waals surface area contributed by atoms with E-state index in [-0.39, 0.29) is 29.2 Å². The minimum Gasteiger partial charge on any atom is -1.00 e. The summed E-state index contributed by atoms with van der Waals surface area (Å²) in [5.74, 6) is 0. The highest BCUT2D eigenvalue weighted by atomic mass is 79.9. The molecule has 0 aliphatic carbocycles. The van der Waals surface area contributed by atoms with Gasteiger partial charge in [0, 0.05) is 36.1 Å². The molecule has 2 atom stereocenters. The summed E-state index contributed by atoms with van der Waals surface area (Å²) in [6, 6.07) is 11.4. The number of fused-ring (bicyclic) bond motifs is 2. The van der Waals surface area contributed by atoms with Gasteiger partial charge in [-0.3, -0.25) is 5.32 Å². The van der Waals surface area contributed by atoms with Gasteiger partial charge in [-0.05, 0) is 23.9 Å². The number of benzene rings is 1. The van der Waals surface area contributed by atoms with Crippen LogP contribution in [-0.2, 0) is 4.74 Å². The Hall–Kier alpha value is -1.37. The molecular weight excluding hydrogens is 424 g/mol. The summed E-state index contributed by atoms with van der Waals surface area (Å²) in [5, 5.41) is 5.08. The fourth-order valence-electron chi connectivity index (χ4n) is 4.68. The van der Waals surface area contributed by atoms with Crippen LogP contribution in [-0.4, -0.2) is 42.9 Å². The van der Waals surface area contributed by atoms with Gasteiger partial charge in [0.15, 0.2) is 0 Å². The summed E-state index contributed by atoms with van der Waals surface area (Å²) in [7, 11) is 4.64. The number of hydrogen-bond donors (Lipinski definition) is 1. The Morgan fingerprint density at radius 3 is 2.48 bits per heavy atom. The number of quaternary nitrogens is 1. The summed E-state index contributed by atoms with van der Waals surface area (Å²) in [4.78, 5) is 13.8. The number of amides is 1. The zero-order valence-corrected chi connectivity index (χ0v) is 18.5. The number of nitrogens with one attached hydrogen (secondary N) is 1. The SMILES string of the molecule is Cc1cccc(-c2cccs2)c1NC(=O)OC1CC2CCC(C1)[N+]2(C)C.[Br-]. The molecule has 1 aromatic carbocycles. The van der Waals surface area contributed by atoms with Gasteiger partial charge in [-0.15, -0.1) is 11.3 Å². The molecule has 146 valence electrons. The van der Waals surface area contributed by atoms with Gasteiger partial charge < -0.3 is 26.2 Å². The smallest absolute Gasteiger partial charge is 0.411 e. The highest BCUT2D eigenvalue weighted by molar-refractivity contribution is 7.13. The van der Waals surface area contributed by atoms with E-state index >= 15 is 0 Å². The average Bonchev–Trinajstić information content (AvgIpc) is 3.13. The molecule has 4 rings (SSSR count). The maximum Gasteiger partial charge on any atom is 0.411 e. The predicted molar refractivity (Wildman–Crippen MR) is 107 cm³/mol. The van der Waals surface area contributed by atoms with E-state index in [9.17, 15) is 4.79 Å². The molecule has 2 aliphatic heterocycles. The first-order valence-corrected chi connectivity index (χ1v) is 10.3. The number of nitrogens with zero attached hydrogens (tertiary/aromatic N) is 1. The molecule has 1 amide bonds. The first-order chi connectivity index (χ1) is 12.4. The van der Waals surface area contributed by atoms with Crippen LogP contribution in [0.3, 0.4) is 0 Å². The Morgan fingerprint density at radius 2 is 1.85 bits per heavy atom. The highest BCUT2D eigenvalue weighted by Crippen LogP contribution is 2.41. The van der Waals surface area contributed by atoms with Crippen LogP contribution in [0.5, 0.6) is 0 Å². The van der Waals surface area contributed by atoms with Gasteiger partial charge >= 0.3 is 6.09 Å². The van der Waals surface area contributed by atoms with Crippen LogP contribution in [0.1, 0.15) is 31.2 Å². The monoisotopic (exact) mass is 450 g/mol. The zero-order valence-electron chi connectivity index (χ0n) is 16.1. The molecule has 2 fully saturated rings. The largest absolute Gasteiger partial charge is 1.00 e. The number of anilines is 1. The molecular formula is C21H27BrN2O2S. The number of hydrogen-bond acceptors (Lipinski definition) is 3. The van der Waals surface area contributed by atoms with Gasteiger partial charge in [-0.25, -0.2) is 4.79 Å². The second-order valence-corrected chi connectivity index (χ2v) is 9.06. The number of aryl methyl sites for hydroxylation is 1. The maximum absolute atomic E-state index is 12.6. The van der Waals surface area contributed by atoms with Gasteiger partial charge in [0.1, 0.15) is 6.10 Å². The van der Waals surface area contributed by atoms with Crippen LogP contribution in [0, 0.1) is 6.92 Å². The normalized spacial score (nSPS) is 25.5. The third kappa shape index (κ3) is 3.93. The topological polar surface area (TPSA) is 38.3 Å². The number of halogens is 1. The standard InChI is InChI=1S/C21H26N2O2S.BrH/c1-14-6-4-7-18(19-8-5-11-26-19)20(14)22-21(24)25-17-12-15-9-10-16(13-17)23(15,2)3;/h4-8,11,15-17H,9-10,12-13H2,1-3H3;1H. The van der Waals surface area contributed by atoms with Crippen molar-refractivity contribution < 1.29 is 31.0 Å². The minimum atomic E-state index is -0.325. The molecule has 1 aromatic heterocycles. The van der Waals surface area contributed by atoms with Crippen molar-refractivity contribution in [1.29, 1.82) is 0 Å². The van der Waals surface area contributed by atoms with Crippen LogP contribution < -0.4 is 22.3 Å². The summed E-state index contributed by atoms with van der Waals surface area (Å²) in [6.07, 6.45) is 4.16. The first-order valence-electron chi connectivity index (χ1n) is 9.39. The summed E-state index contributed by atoms with van der Waals surface area (Å²) < 4.78 is 6.93. The lowest BCUT2D eigenvalue weighted by Crippen LogP contribution is -3.00. The number of rotatable bonds is 3. The quantitative estimate of drug-likeness (QED) is 0.726. The van der Waals surface area contributed by atoms with Crippen molar-refractivity contribution in [3.05, 3.63) is 41.3 Å². The maximum atomic E-state index is 12.6. The molecule has 0 saturated carbocycles. The van der Waals surface area contributed by atoms with E-state index < -0.39 is 0 Å². The third-order valence-electron chi connectivity index (χ3n) is 6.35.